The van der Waals surface area contributed by atoms with Crippen molar-refractivity contribution in [2.24, 2.45) is 0 Å². The molecule has 1 saturated heterocycles. The van der Waals surface area contributed by atoms with Crippen molar-refractivity contribution in [1.29, 1.82) is 0 Å². The number of hydrogen-bond acceptors (Lipinski definition) is 4. The Morgan fingerprint density at radius 1 is 1.29 bits per heavy atom. The van der Waals surface area contributed by atoms with Crippen LogP contribution in [0.2, 0.25) is 0 Å². The van der Waals surface area contributed by atoms with Crippen molar-refractivity contribution in [3.05, 3.63) is 29.3 Å². The van der Waals surface area contributed by atoms with E-state index in [-0.39, 0.29) is 0 Å². The molecule has 3 rings (SSSR count). The van der Waals surface area contributed by atoms with Gasteiger partial charge in [0.05, 0.1) is 15.2 Å². The second-order valence-corrected chi connectivity index (χ2v) is 7.01. The van der Waals surface area contributed by atoms with Gasteiger partial charge in [0.15, 0.2) is 0 Å². The number of piperidine rings is 1. The number of benzene rings is 1. The molecule has 1 N–H and O–H groups in total. The first-order valence-electron chi connectivity index (χ1n) is 8.15. The van der Waals surface area contributed by atoms with Crippen molar-refractivity contribution in [1.82, 2.24) is 15.2 Å². The third-order valence-corrected chi connectivity index (χ3v) is 5.33. The van der Waals surface area contributed by atoms with Crippen LogP contribution in [-0.2, 0) is 6.42 Å². The molecule has 1 aliphatic rings. The maximum absolute atomic E-state index is 4.70. The molecule has 0 unspecified atom stereocenters. The predicted molar refractivity (Wildman–Crippen MR) is 91.1 cm³/mol. The lowest BCUT2D eigenvalue weighted by Gasteiger charge is -2.32. The van der Waals surface area contributed by atoms with Gasteiger partial charge >= 0.3 is 0 Å². The van der Waals surface area contributed by atoms with E-state index in [2.05, 4.69) is 41.4 Å². The number of nitrogens with zero attached hydrogens (tertiary/aromatic N) is 2. The summed E-state index contributed by atoms with van der Waals surface area (Å²) in [7, 11) is 0. The minimum absolute atomic E-state index is 0.701. The van der Waals surface area contributed by atoms with Gasteiger partial charge < -0.3 is 10.2 Å². The van der Waals surface area contributed by atoms with Crippen LogP contribution in [0, 0.1) is 0 Å². The summed E-state index contributed by atoms with van der Waals surface area (Å²) in [5.41, 5.74) is 1.14. The highest BCUT2D eigenvalue weighted by molar-refractivity contribution is 7.18. The van der Waals surface area contributed by atoms with E-state index in [1.807, 2.05) is 11.3 Å². The van der Waals surface area contributed by atoms with Crippen LogP contribution in [0.15, 0.2) is 24.3 Å². The number of hydrogen-bond donors (Lipinski definition) is 1. The molecule has 0 saturated carbocycles. The van der Waals surface area contributed by atoms with Crippen LogP contribution in [0.1, 0.15) is 31.2 Å². The van der Waals surface area contributed by atoms with Gasteiger partial charge in [-0.15, -0.1) is 11.3 Å². The second-order valence-electron chi connectivity index (χ2n) is 5.90. The number of para-hydroxylation sites is 1. The minimum atomic E-state index is 0.701. The molecule has 2 heterocycles. The zero-order valence-electron chi connectivity index (χ0n) is 12.8. The number of aromatic nitrogens is 1. The first kappa shape index (κ1) is 14.9. The van der Waals surface area contributed by atoms with Crippen LogP contribution >= 0.6 is 11.3 Å². The predicted octanol–water partition coefficient (Wildman–Crippen LogP) is 3.30. The van der Waals surface area contributed by atoms with Crippen molar-refractivity contribution >= 4 is 21.6 Å². The molecule has 1 aliphatic heterocycles. The van der Waals surface area contributed by atoms with E-state index >= 15 is 0 Å². The van der Waals surface area contributed by atoms with Crippen molar-refractivity contribution in [2.75, 3.05) is 26.2 Å². The zero-order valence-corrected chi connectivity index (χ0v) is 13.7. The highest BCUT2D eigenvalue weighted by atomic mass is 32.1. The molecule has 0 spiro atoms. The average molecular weight is 303 g/mol. The van der Waals surface area contributed by atoms with Crippen LogP contribution in [0.3, 0.4) is 0 Å². The van der Waals surface area contributed by atoms with Crippen molar-refractivity contribution in [2.45, 2.75) is 38.6 Å². The van der Waals surface area contributed by atoms with Crippen molar-refractivity contribution in [3.8, 4) is 0 Å². The lowest BCUT2D eigenvalue weighted by Crippen LogP contribution is -2.43. The maximum atomic E-state index is 4.70. The van der Waals surface area contributed by atoms with Gasteiger partial charge in [0, 0.05) is 19.0 Å². The molecular weight excluding hydrogens is 278 g/mol. The molecule has 2 aromatic rings. The van der Waals surface area contributed by atoms with Gasteiger partial charge in [-0.05, 0) is 51.0 Å². The fourth-order valence-corrected chi connectivity index (χ4v) is 4.05. The summed E-state index contributed by atoms with van der Waals surface area (Å²) < 4.78 is 1.31. The fourth-order valence-electron chi connectivity index (χ4n) is 3.09. The Morgan fingerprint density at radius 3 is 2.86 bits per heavy atom. The molecule has 0 radical (unpaired) electrons. The van der Waals surface area contributed by atoms with Gasteiger partial charge in [0.1, 0.15) is 0 Å². The van der Waals surface area contributed by atoms with Crippen LogP contribution < -0.4 is 5.32 Å². The highest BCUT2D eigenvalue weighted by Crippen LogP contribution is 2.21. The van der Waals surface area contributed by atoms with Gasteiger partial charge in [-0.1, -0.05) is 19.1 Å². The van der Waals surface area contributed by atoms with E-state index in [0.29, 0.717) is 6.04 Å². The third-order valence-electron chi connectivity index (χ3n) is 4.24. The summed E-state index contributed by atoms with van der Waals surface area (Å²) in [6, 6.07) is 9.12. The largest absolute Gasteiger partial charge is 0.313 e. The van der Waals surface area contributed by atoms with E-state index in [1.165, 1.54) is 48.6 Å². The van der Waals surface area contributed by atoms with Gasteiger partial charge in [0.25, 0.3) is 0 Å². The van der Waals surface area contributed by atoms with Gasteiger partial charge in [-0.3, -0.25) is 0 Å². The quantitative estimate of drug-likeness (QED) is 0.887. The van der Waals surface area contributed by atoms with Crippen LogP contribution in [0.4, 0.5) is 0 Å². The monoisotopic (exact) mass is 303 g/mol. The van der Waals surface area contributed by atoms with Gasteiger partial charge in [-0.2, -0.15) is 0 Å². The SMILES string of the molecule is CCCN1CCC(NCCc2nc3ccccc3s2)CC1. The molecule has 0 amide bonds. The third kappa shape index (κ3) is 4.02. The van der Waals surface area contributed by atoms with E-state index in [1.54, 1.807) is 0 Å². The molecule has 1 fully saturated rings. The summed E-state index contributed by atoms with van der Waals surface area (Å²) in [6.45, 7) is 7.10. The van der Waals surface area contributed by atoms with Crippen molar-refractivity contribution in [3.63, 3.8) is 0 Å². The molecule has 1 aromatic heterocycles. The average Bonchev–Trinajstić information content (AvgIpc) is 2.92. The number of fused-ring (bicyclic) bond motifs is 1. The van der Waals surface area contributed by atoms with Crippen molar-refractivity contribution < 1.29 is 0 Å². The van der Waals surface area contributed by atoms with Crippen LogP contribution in [-0.4, -0.2) is 42.1 Å². The summed E-state index contributed by atoms with van der Waals surface area (Å²) in [6.07, 6.45) is 4.91. The molecular formula is C17H25N3S. The smallest absolute Gasteiger partial charge is 0.0951 e. The number of nitrogens with one attached hydrogen (secondary N) is 1. The topological polar surface area (TPSA) is 28.2 Å². The summed E-state index contributed by atoms with van der Waals surface area (Å²) >= 11 is 1.83. The Kier molecular flexibility index (Phi) is 5.22. The van der Waals surface area contributed by atoms with E-state index in [4.69, 9.17) is 4.98 Å². The normalized spacial score (nSPS) is 17.6. The molecule has 4 heteroatoms. The van der Waals surface area contributed by atoms with Crippen LogP contribution in [0.25, 0.3) is 10.2 Å². The molecule has 3 nitrogen and oxygen atoms in total. The molecule has 114 valence electrons. The highest BCUT2D eigenvalue weighted by Gasteiger charge is 2.17. The Balaban J connectivity index is 1.42. The van der Waals surface area contributed by atoms with Gasteiger partial charge in [-0.25, -0.2) is 4.98 Å². The lowest BCUT2D eigenvalue weighted by atomic mass is 10.0. The van der Waals surface area contributed by atoms with E-state index in [0.717, 1.165) is 18.5 Å². The number of rotatable bonds is 6. The number of likely N-dealkylation sites (tertiary alicyclic amines) is 1. The molecule has 0 aliphatic carbocycles. The summed E-state index contributed by atoms with van der Waals surface area (Å²) in [5.74, 6) is 0. The Labute approximate surface area is 131 Å². The zero-order chi connectivity index (χ0) is 14.5. The fraction of sp³-hybridized carbons (Fsp3) is 0.588. The first-order chi connectivity index (χ1) is 10.3. The molecule has 21 heavy (non-hydrogen) atoms. The Morgan fingerprint density at radius 2 is 2.10 bits per heavy atom. The Bertz CT molecular complexity index is 525. The summed E-state index contributed by atoms with van der Waals surface area (Å²) in [5, 5.41) is 4.97. The molecule has 1 aromatic carbocycles. The van der Waals surface area contributed by atoms with Crippen LogP contribution in [0.5, 0.6) is 0 Å². The lowest BCUT2D eigenvalue weighted by molar-refractivity contribution is 0.198. The van der Waals surface area contributed by atoms with Gasteiger partial charge in [0.2, 0.25) is 0 Å². The minimum Gasteiger partial charge on any atom is -0.313 e. The first-order valence-corrected chi connectivity index (χ1v) is 8.97. The van der Waals surface area contributed by atoms with E-state index in [9.17, 15) is 0 Å². The molecule has 0 bridgehead atoms. The Hall–Kier alpha value is -0.970. The standard InChI is InChI=1S/C17H25N3S/c1-2-11-20-12-8-14(9-13-20)18-10-7-17-19-15-5-3-4-6-16(15)21-17/h3-6,14,18H,2,7-13H2,1H3. The maximum Gasteiger partial charge on any atom is 0.0951 e. The molecule has 0 atom stereocenters. The van der Waals surface area contributed by atoms with E-state index < -0.39 is 0 Å². The summed E-state index contributed by atoms with van der Waals surface area (Å²) in [4.78, 5) is 7.29. The number of thiazole rings is 1. The second kappa shape index (κ2) is 7.34.